The molecule has 1 saturated heterocycles. The molecule has 0 radical (unpaired) electrons. The average molecular weight is 323 g/mol. The number of aryl methyl sites for hydroxylation is 1. The Hall–Kier alpha value is -2.28. The van der Waals surface area contributed by atoms with Gasteiger partial charge in [0.1, 0.15) is 11.3 Å². The Morgan fingerprint density at radius 1 is 1.39 bits per heavy atom. The van der Waals surface area contributed by atoms with Crippen LogP contribution in [0.4, 0.5) is 10.5 Å². The van der Waals surface area contributed by atoms with Gasteiger partial charge in [0.2, 0.25) is 0 Å². The van der Waals surface area contributed by atoms with Gasteiger partial charge < -0.3 is 19.3 Å². The topological polar surface area (TPSA) is 94.1 Å². The Balaban J connectivity index is 2.27. The molecule has 1 fully saturated rings. The molecule has 126 valence electrons. The molecule has 0 unspecified atom stereocenters. The predicted octanol–water partition coefficient (Wildman–Crippen LogP) is 2.68. The first-order valence-electron chi connectivity index (χ1n) is 7.37. The molecule has 1 aliphatic heterocycles. The minimum atomic E-state index is -1.18. The van der Waals surface area contributed by atoms with Gasteiger partial charge in [0.25, 0.3) is 0 Å². The molecule has 0 spiro atoms. The molecule has 2 rings (SSSR count). The summed E-state index contributed by atoms with van der Waals surface area (Å²) in [5.41, 5.74) is 0.626. The third-order valence-corrected chi connectivity index (χ3v) is 3.55. The average Bonchev–Trinajstić information content (AvgIpc) is 2.45. The van der Waals surface area contributed by atoms with Crippen LogP contribution < -0.4 is 10.1 Å². The lowest BCUT2D eigenvalue weighted by Crippen LogP contribution is -2.44. The van der Waals surface area contributed by atoms with Crippen LogP contribution in [0.15, 0.2) is 12.1 Å². The Kier molecular flexibility index (Phi) is 5.10. The zero-order chi connectivity index (χ0) is 17.0. The molecule has 1 heterocycles. The number of rotatable bonds is 6. The number of ether oxygens (including phenoxy) is 3. The monoisotopic (exact) mass is 323 g/mol. The Morgan fingerprint density at radius 3 is 2.61 bits per heavy atom. The first kappa shape index (κ1) is 17.1. The van der Waals surface area contributed by atoms with E-state index in [9.17, 15) is 14.7 Å². The lowest BCUT2D eigenvalue weighted by molar-refractivity contribution is -0.120. The fourth-order valence-corrected chi connectivity index (χ4v) is 2.25. The second kappa shape index (κ2) is 6.87. The molecule has 0 bridgehead atoms. The Labute approximate surface area is 134 Å². The van der Waals surface area contributed by atoms with Crippen LogP contribution in [0.2, 0.25) is 0 Å². The van der Waals surface area contributed by atoms with E-state index in [-0.39, 0.29) is 29.0 Å². The third kappa shape index (κ3) is 3.92. The van der Waals surface area contributed by atoms with E-state index >= 15 is 0 Å². The van der Waals surface area contributed by atoms with Crippen LogP contribution in [-0.4, -0.2) is 43.6 Å². The predicted molar refractivity (Wildman–Crippen MR) is 83.2 cm³/mol. The molecule has 1 amide bonds. The lowest BCUT2D eigenvalue weighted by atomic mass is 9.90. The number of hydrogen-bond acceptors (Lipinski definition) is 5. The van der Waals surface area contributed by atoms with E-state index in [1.807, 2.05) is 6.92 Å². The van der Waals surface area contributed by atoms with Crippen LogP contribution in [0, 0.1) is 12.3 Å². The van der Waals surface area contributed by atoms with Gasteiger partial charge in [0, 0.05) is 5.41 Å². The van der Waals surface area contributed by atoms with Crippen molar-refractivity contribution in [2.45, 2.75) is 20.8 Å². The molecular weight excluding hydrogens is 302 g/mol. The molecule has 0 atom stereocenters. The zero-order valence-corrected chi connectivity index (χ0v) is 13.5. The van der Waals surface area contributed by atoms with Crippen molar-refractivity contribution >= 4 is 17.7 Å². The number of carboxylic acids is 1. The van der Waals surface area contributed by atoms with Crippen molar-refractivity contribution < 1.29 is 28.9 Å². The van der Waals surface area contributed by atoms with Crippen molar-refractivity contribution in [1.29, 1.82) is 0 Å². The maximum atomic E-state index is 11.6. The minimum absolute atomic E-state index is 0.0816. The number of hydrogen-bond donors (Lipinski definition) is 2. The van der Waals surface area contributed by atoms with E-state index in [0.717, 1.165) is 0 Å². The van der Waals surface area contributed by atoms with Gasteiger partial charge in [-0.15, -0.1) is 0 Å². The normalized spacial score (nSPS) is 15.4. The number of benzene rings is 1. The highest BCUT2D eigenvalue weighted by Crippen LogP contribution is 2.34. The van der Waals surface area contributed by atoms with Crippen molar-refractivity contribution in [3.8, 4) is 5.75 Å². The highest BCUT2D eigenvalue weighted by Gasteiger charge is 2.35. The summed E-state index contributed by atoms with van der Waals surface area (Å²) in [4.78, 5) is 23.2. The lowest BCUT2D eigenvalue weighted by Gasteiger charge is -2.37. The maximum absolute atomic E-state index is 11.6. The van der Waals surface area contributed by atoms with E-state index in [1.165, 1.54) is 6.07 Å². The summed E-state index contributed by atoms with van der Waals surface area (Å²) in [7, 11) is 0. The van der Waals surface area contributed by atoms with Gasteiger partial charge in [-0.3, -0.25) is 5.32 Å². The van der Waals surface area contributed by atoms with Gasteiger partial charge in [0.05, 0.1) is 32.1 Å². The van der Waals surface area contributed by atoms with E-state index in [2.05, 4.69) is 5.32 Å². The first-order valence-corrected chi connectivity index (χ1v) is 7.37. The largest absolute Gasteiger partial charge is 0.492 e. The van der Waals surface area contributed by atoms with Crippen molar-refractivity contribution in [1.82, 2.24) is 0 Å². The Bertz CT molecular complexity index is 609. The van der Waals surface area contributed by atoms with E-state index in [0.29, 0.717) is 25.4 Å². The molecular formula is C16H21NO6. The molecule has 1 aromatic rings. The second-order valence-electron chi connectivity index (χ2n) is 5.88. The van der Waals surface area contributed by atoms with E-state index in [1.54, 1.807) is 19.9 Å². The number of anilines is 1. The molecule has 0 saturated carbocycles. The SMILES string of the molecule is CCOC(=O)Nc1ccc(C)c(OCC2(C)COC2)c1C(=O)O. The highest BCUT2D eigenvalue weighted by molar-refractivity contribution is 6.01. The molecule has 1 aromatic carbocycles. The molecule has 0 aliphatic carbocycles. The van der Waals surface area contributed by atoms with Gasteiger partial charge in [-0.05, 0) is 25.5 Å². The quantitative estimate of drug-likeness (QED) is 0.836. The van der Waals surface area contributed by atoms with Gasteiger partial charge in [-0.25, -0.2) is 9.59 Å². The number of carbonyl (C=O) groups excluding carboxylic acids is 1. The van der Waals surface area contributed by atoms with Gasteiger partial charge >= 0.3 is 12.1 Å². The number of carboxylic acid groups (broad SMARTS) is 1. The Morgan fingerprint density at radius 2 is 2.09 bits per heavy atom. The van der Waals surface area contributed by atoms with Gasteiger partial charge in [-0.1, -0.05) is 13.0 Å². The van der Waals surface area contributed by atoms with Crippen LogP contribution in [0.5, 0.6) is 5.75 Å². The molecule has 2 N–H and O–H groups in total. The number of aromatic carboxylic acids is 1. The summed E-state index contributed by atoms with van der Waals surface area (Å²) >= 11 is 0. The maximum Gasteiger partial charge on any atom is 0.411 e. The van der Waals surface area contributed by atoms with Crippen LogP contribution >= 0.6 is 0 Å². The van der Waals surface area contributed by atoms with Crippen LogP contribution in [0.25, 0.3) is 0 Å². The first-order chi connectivity index (χ1) is 10.9. The summed E-state index contributed by atoms with van der Waals surface area (Å²) < 4.78 is 15.7. The fourth-order valence-electron chi connectivity index (χ4n) is 2.25. The summed E-state index contributed by atoms with van der Waals surface area (Å²) in [6, 6.07) is 3.22. The van der Waals surface area contributed by atoms with E-state index in [4.69, 9.17) is 14.2 Å². The van der Waals surface area contributed by atoms with Gasteiger partial charge in [-0.2, -0.15) is 0 Å². The number of amides is 1. The van der Waals surface area contributed by atoms with Crippen molar-refractivity contribution in [2.75, 3.05) is 31.7 Å². The fraction of sp³-hybridized carbons (Fsp3) is 0.500. The molecule has 7 heteroatoms. The second-order valence-corrected chi connectivity index (χ2v) is 5.88. The number of carbonyl (C=O) groups is 2. The summed E-state index contributed by atoms with van der Waals surface area (Å²) in [5.74, 6) is -0.926. The number of nitrogens with one attached hydrogen (secondary N) is 1. The highest BCUT2D eigenvalue weighted by atomic mass is 16.5. The van der Waals surface area contributed by atoms with Crippen molar-refractivity contribution in [2.24, 2.45) is 5.41 Å². The van der Waals surface area contributed by atoms with Crippen LogP contribution in [0.3, 0.4) is 0 Å². The standard InChI is InChI=1S/C16H21NO6/c1-4-22-15(20)17-11-6-5-10(2)13(12(11)14(18)19)23-9-16(3)7-21-8-16/h5-6H,4,7-9H2,1-3H3,(H,17,20)(H,18,19). The molecule has 23 heavy (non-hydrogen) atoms. The molecule has 0 aromatic heterocycles. The summed E-state index contributed by atoms with van der Waals surface area (Å²) in [6.07, 6.45) is -0.704. The summed E-state index contributed by atoms with van der Waals surface area (Å²) in [5, 5.41) is 12.0. The van der Waals surface area contributed by atoms with Crippen molar-refractivity contribution in [3.05, 3.63) is 23.3 Å². The third-order valence-electron chi connectivity index (χ3n) is 3.55. The molecule has 7 nitrogen and oxygen atoms in total. The van der Waals surface area contributed by atoms with E-state index < -0.39 is 12.1 Å². The minimum Gasteiger partial charge on any atom is -0.492 e. The molecule has 1 aliphatic rings. The van der Waals surface area contributed by atoms with Gasteiger partial charge in [0.15, 0.2) is 0 Å². The smallest absolute Gasteiger partial charge is 0.411 e. The zero-order valence-electron chi connectivity index (χ0n) is 13.5. The summed E-state index contributed by atoms with van der Waals surface area (Å²) in [6.45, 7) is 7.13. The van der Waals surface area contributed by atoms with Crippen LogP contribution in [0.1, 0.15) is 29.8 Å². The van der Waals surface area contributed by atoms with Crippen LogP contribution in [-0.2, 0) is 9.47 Å². The van der Waals surface area contributed by atoms with Crippen molar-refractivity contribution in [3.63, 3.8) is 0 Å².